The summed E-state index contributed by atoms with van der Waals surface area (Å²) in [6.07, 6.45) is 2.92. The van der Waals surface area contributed by atoms with Gasteiger partial charge in [-0.25, -0.2) is 0 Å². The van der Waals surface area contributed by atoms with Crippen LogP contribution in [0.4, 0.5) is 11.4 Å². The smallest absolute Gasteiger partial charge is 0.316 e. The Morgan fingerprint density at radius 1 is 1.16 bits per heavy atom. The van der Waals surface area contributed by atoms with E-state index in [-0.39, 0.29) is 17.0 Å². The zero-order valence-electron chi connectivity index (χ0n) is 18.1. The van der Waals surface area contributed by atoms with Gasteiger partial charge in [-0.15, -0.1) is 0 Å². The summed E-state index contributed by atoms with van der Waals surface area (Å²) < 4.78 is 5.35. The second kappa shape index (κ2) is 8.98. The number of ether oxygens (including phenoxy) is 1. The van der Waals surface area contributed by atoms with Crippen LogP contribution in [0.25, 0.3) is 11.6 Å². The number of nitrogens with zero attached hydrogens (tertiary/aromatic N) is 1. The molecule has 2 N–H and O–H groups in total. The van der Waals surface area contributed by atoms with Crippen LogP contribution in [0.2, 0.25) is 5.02 Å². The van der Waals surface area contributed by atoms with Crippen LogP contribution in [-0.4, -0.2) is 23.0 Å². The second-order valence-corrected chi connectivity index (χ2v) is 8.67. The summed E-state index contributed by atoms with van der Waals surface area (Å²) in [6, 6.07) is 11.7. The van der Waals surface area contributed by atoms with Crippen LogP contribution >= 0.6 is 11.6 Å². The third-order valence-electron chi connectivity index (χ3n) is 4.70. The Balaban J connectivity index is 1.82. The van der Waals surface area contributed by atoms with E-state index >= 15 is 0 Å². The van der Waals surface area contributed by atoms with E-state index in [1.54, 1.807) is 57.2 Å². The molecule has 2 aromatic rings. The molecule has 1 aliphatic rings. The Kier molecular flexibility index (Phi) is 6.52. The van der Waals surface area contributed by atoms with E-state index in [9.17, 15) is 19.6 Å². The lowest BCUT2D eigenvalue weighted by Gasteiger charge is -2.17. The van der Waals surface area contributed by atoms with Crippen LogP contribution in [0.5, 0.6) is 0 Å². The van der Waals surface area contributed by atoms with Crippen molar-refractivity contribution in [2.45, 2.75) is 27.7 Å². The van der Waals surface area contributed by atoms with Gasteiger partial charge in [-0.2, -0.15) is 5.06 Å². The van der Waals surface area contributed by atoms with Gasteiger partial charge in [0.25, 0.3) is 5.91 Å². The van der Waals surface area contributed by atoms with Crippen molar-refractivity contribution in [1.29, 1.82) is 0 Å². The van der Waals surface area contributed by atoms with E-state index < -0.39 is 23.2 Å². The molecule has 1 aliphatic heterocycles. The van der Waals surface area contributed by atoms with Crippen molar-refractivity contribution in [3.05, 3.63) is 70.4 Å². The number of rotatable bonds is 4. The summed E-state index contributed by atoms with van der Waals surface area (Å²) in [5.74, 6) is -1.54. The molecule has 0 saturated carbocycles. The third kappa shape index (κ3) is 4.90. The molecule has 0 aromatic heterocycles. The van der Waals surface area contributed by atoms with Gasteiger partial charge < -0.3 is 10.1 Å². The molecule has 0 radical (unpaired) electrons. The van der Waals surface area contributed by atoms with Gasteiger partial charge in [0.2, 0.25) is 5.91 Å². The third-order valence-corrected chi connectivity index (χ3v) is 5.04. The molecular formula is C24H23ClN2O5. The van der Waals surface area contributed by atoms with Gasteiger partial charge in [0.1, 0.15) is 5.76 Å². The Hall–Kier alpha value is -3.42. The molecule has 8 heteroatoms. The molecule has 1 heterocycles. The van der Waals surface area contributed by atoms with Crippen molar-refractivity contribution >= 4 is 52.4 Å². The van der Waals surface area contributed by atoms with Gasteiger partial charge in [0, 0.05) is 22.3 Å². The van der Waals surface area contributed by atoms with Crippen LogP contribution in [0, 0.1) is 5.41 Å². The lowest BCUT2D eigenvalue weighted by molar-refractivity contribution is -0.148. The summed E-state index contributed by atoms with van der Waals surface area (Å²) in [4.78, 5) is 37.0. The van der Waals surface area contributed by atoms with Crippen molar-refractivity contribution in [1.82, 2.24) is 0 Å². The standard InChI is InChI=1S/C24H23ClN2O5/c1-14(32-23(30)24(2,3)4)21-17-11-10-16(13-19(17)27(31)22(21)29)26-20(28)12-9-15-7-5-6-8-18(15)25/h5-13,31H,1-4H3,(H,26,28)/b12-9+,21-14-. The zero-order valence-corrected chi connectivity index (χ0v) is 18.9. The maximum Gasteiger partial charge on any atom is 0.316 e. The van der Waals surface area contributed by atoms with Crippen molar-refractivity contribution < 1.29 is 24.3 Å². The molecule has 0 atom stereocenters. The van der Waals surface area contributed by atoms with Gasteiger partial charge in [-0.1, -0.05) is 29.8 Å². The van der Waals surface area contributed by atoms with Crippen molar-refractivity contribution in [3.8, 4) is 0 Å². The van der Waals surface area contributed by atoms with E-state index in [4.69, 9.17) is 16.3 Å². The summed E-state index contributed by atoms with van der Waals surface area (Å²) in [6.45, 7) is 6.59. The molecule has 166 valence electrons. The monoisotopic (exact) mass is 454 g/mol. The largest absolute Gasteiger partial charge is 0.430 e. The average Bonchev–Trinajstić information content (AvgIpc) is 2.97. The Morgan fingerprint density at radius 2 is 1.84 bits per heavy atom. The van der Waals surface area contributed by atoms with E-state index in [1.807, 2.05) is 6.07 Å². The number of allylic oxidation sites excluding steroid dienone is 1. The molecule has 0 saturated heterocycles. The van der Waals surface area contributed by atoms with Gasteiger partial charge in [-0.05, 0) is 63.6 Å². The van der Waals surface area contributed by atoms with Crippen LogP contribution in [0.3, 0.4) is 0 Å². The topological polar surface area (TPSA) is 95.9 Å². The highest BCUT2D eigenvalue weighted by Crippen LogP contribution is 2.39. The number of esters is 1. The normalized spacial score (nSPS) is 15.1. The van der Waals surface area contributed by atoms with Crippen LogP contribution in [0.1, 0.15) is 38.8 Å². The number of amides is 2. The number of anilines is 2. The molecule has 0 aliphatic carbocycles. The number of carbonyl (C=O) groups excluding carboxylic acids is 3. The molecular weight excluding hydrogens is 432 g/mol. The number of fused-ring (bicyclic) bond motifs is 1. The fourth-order valence-corrected chi connectivity index (χ4v) is 3.17. The van der Waals surface area contributed by atoms with E-state index in [0.717, 1.165) is 0 Å². The van der Waals surface area contributed by atoms with Gasteiger partial charge in [-0.3, -0.25) is 19.6 Å². The van der Waals surface area contributed by atoms with Crippen molar-refractivity contribution in [2.75, 3.05) is 10.4 Å². The Bertz CT molecular complexity index is 1160. The molecule has 3 rings (SSSR count). The SMILES string of the molecule is C/C(OC(=O)C(C)(C)C)=C1/C(=O)N(O)c2cc(NC(=O)/C=C/c3ccccc3Cl)ccc21. The van der Waals surface area contributed by atoms with Gasteiger partial charge in [0.05, 0.1) is 16.7 Å². The number of hydroxylamine groups is 1. The van der Waals surface area contributed by atoms with Crippen LogP contribution in [-0.2, 0) is 19.1 Å². The average molecular weight is 455 g/mol. The number of halogens is 1. The van der Waals surface area contributed by atoms with Gasteiger partial charge >= 0.3 is 5.97 Å². The van der Waals surface area contributed by atoms with E-state index in [2.05, 4.69) is 5.32 Å². The van der Waals surface area contributed by atoms with Crippen LogP contribution in [0.15, 0.2) is 54.3 Å². The predicted molar refractivity (Wildman–Crippen MR) is 123 cm³/mol. The van der Waals surface area contributed by atoms with E-state index in [0.29, 0.717) is 26.9 Å². The minimum atomic E-state index is -0.753. The first-order chi connectivity index (χ1) is 15.0. The number of carbonyl (C=O) groups is 3. The molecule has 32 heavy (non-hydrogen) atoms. The van der Waals surface area contributed by atoms with Crippen molar-refractivity contribution in [2.24, 2.45) is 5.41 Å². The summed E-state index contributed by atoms with van der Waals surface area (Å²) in [7, 11) is 0. The highest BCUT2D eigenvalue weighted by molar-refractivity contribution is 6.32. The number of hydrogen-bond donors (Lipinski definition) is 2. The van der Waals surface area contributed by atoms with E-state index in [1.165, 1.54) is 19.1 Å². The quantitative estimate of drug-likeness (QED) is 0.292. The number of nitrogens with one attached hydrogen (secondary N) is 1. The molecule has 2 aromatic carbocycles. The maximum atomic E-state index is 12.6. The highest BCUT2D eigenvalue weighted by atomic mass is 35.5. The molecule has 0 fully saturated rings. The van der Waals surface area contributed by atoms with Crippen LogP contribution < -0.4 is 10.4 Å². The van der Waals surface area contributed by atoms with Gasteiger partial charge in [0.15, 0.2) is 0 Å². The maximum absolute atomic E-state index is 12.6. The number of hydrogen-bond acceptors (Lipinski definition) is 5. The summed E-state index contributed by atoms with van der Waals surface area (Å²) >= 11 is 6.07. The number of benzene rings is 2. The fraction of sp³-hybridized carbons (Fsp3) is 0.208. The summed E-state index contributed by atoms with van der Waals surface area (Å²) in [5.41, 5.74) is 0.953. The minimum absolute atomic E-state index is 0.0802. The molecule has 2 amide bonds. The first-order valence-corrected chi connectivity index (χ1v) is 10.2. The fourth-order valence-electron chi connectivity index (χ4n) is 2.97. The second-order valence-electron chi connectivity index (χ2n) is 8.26. The summed E-state index contributed by atoms with van der Waals surface area (Å²) in [5, 5.41) is 13.9. The predicted octanol–water partition coefficient (Wildman–Crippen LogP) is 5.05. The molecule has 0 bridgehead atoms. The first kappa shape index (κ1) is 23.2. The molecule has 7 nitrogen and oxygen atoms in total. The molecule has 0 unspecified atom stereocenters. The first-order valence-electron chi connectivity index (χ1n) is 9.83. The van der Waals surface area contributed by atoms with Crippen molar-refractivity contribution in [3.63, 3.8) is 0 Å². The zero-order chi connectivity index (χ0) is 23.6. The lowest BCUT2D eigenvalue weighted by Crippen LogP contribution is -2.24. The Labute approximate surface area is 190 Å². The Morgan fingerprint density at radius 3 is 2.50 bits per heavy atom. The lowest BCUT2D eigenvalue weighted by atomic mass is 9.97. The highest BCUT2D eigenvalue weighted by Gasteiger charge is 2.35. The minimum Gasteiger partial charge on any atom is -0.430 e. The molecule has 0 spiro atoms.